The van der Waals surface area contributed by atoms with E-state index >= 15 is 0 Å². The molecule has 2 nitrogen and oxygen atoms in total. The molecule has 0 saturated carbocycles. The number of anilines is 1. The van der Waals surface area contributed by atoms with Gasteiger partial charge in [0.05, 0.1) is 12.8 Å². The molecule has 0 radical (unpaired) electrons. The third kappa shape index (κ3) is 3.00. The second-order valence-electron chi connectivity index (χ2n) is 4.18. The van der Waals surface area contributed by atoms with Crippen LogP contribution in [0.25, 0.3) is 0 Å². The van der Waals surface area contributed by atoms with Crippen LogP contribution in [0.3, 0.4) is 0 Å². The molecule has 0 bridgehead atoms. The Labute approximate surface area is 106 Å². The molecule has 2 rings (SSSR count). The Morgan fingerprint density at radius 1 is 1.11 bits per heavy atom. The van der Waals surface area contributed by atoms with Crippen LogP contribution < -0.4 is 10.1 Å². The van der Waals surface area contributed by atoms with Crippen LogP contribution in [0.15, 0.2) is 42.5 Å². The van der Waals surface area contributed by atoms with Crippen LogP contribution >= 0.6 is 0 Å². The lowest BCUT2D eigenvalue weighted by atomic mass is 10.2. The summed E-state index contributed by atoms with van der Waals surface area (Å²) in [6.45, 7) is 2.67. The predicted molar refractivity (Wildman–Crippen MR) is 71.5 cm³/mol. The highest BCUT2D eigenvalue weighted by atomic mass is 19.1. The van der Waals surface area contributed by atoms with E-state index < -0.39 is 0 Å². The summed E-state index contributed by atoms with van der Waals surface area (Å²) in [4.78, 5) is 0. The van der Waals surface area contributed by atoms with Gasteiger partial charge in [-0.15, -0.1) is 0 Å². The zero-order valence-electron chi connectivity index (χ0n) is 10.5. The van der Waals surface area contributed by atoms with E-state index in [1.165, 1.54) is 12.1 Å². The number of methoxy groups -OCH3 is 1. The molecule has 94 valence electrons. The maximum absolute atomic E-state index is 12.8. The molecule has 0 aromatic heterocycles. The first kappa shape index (κ1) is 12.4. The molecular formula is C15H16FNO. The molecule has 2 aromatic rings. The number of ether oxygens (including phenoxy) is 1. The fourth-order valence-electron chi connectivity index (χ4n) is 1.76. The van der Waals surface area contributed by atoms with E-state index in [4.69, 9.17) is 4.74 Å². The summed E-state index contributed by atoms with van der Waals surface area (Å²) in [6, 6.07) is 12.4. The minimum atomic E-state index is -0.216. The maximum Gasteiger partial charge on any atom is 0.141 e. The number of halogens is 1. The van der Waals surface area contributed by atoms with Gasteiger partial charge in [-0.2, -0.15) is 0 Å². The molecule has 0 fully saturated rings. The van der Waals surface area contributed by atoms with E-state index in [1.54, 1.807) is 19.2 Å². The lowest BCUT2D eigenvalue weighted by Crippen LogP contribution is -2.01. The smallest absolute Gasteiger partial charge is 0.141 e. The average molecular weight is 245 g/mol. The number of rotatable bonds is 4. The monoisotopic (exact) mass is 245 g/mol. The lowest BCUT2D eigenvalue weighted by molar-refractivity contribution is 0.416. The van der Waals surface area contributed by atoms with E-state index in [0.717, 1.165) is 22.6 Å². The van der Waals surface area contributed by atoms with E-state index in [2.05, 4.69) is 5.32 Å². The van der Waals surface area contributed by atoms with Gasteiger partial charge in [-0.1, -0.05) is 18.2 Å². The molecule has 18 heavy (non-hydrogen) atoms. The molecule has 2 aromatic carbocycles. The number of hydrogen-bond acceptors (Lipinski definition) is 2. The first-order valence-corrected chi connectivity index (χ1v) is 5.82. The van der Waals surface area contributed by atoms with E-state index in [1.807, 2.05) is 25.1 Å². The van der Waals surface area contributed by atoms with Crippen LogP contribution in [0.4, 0.5) is 10.1 Å². The molecule has 0 saturated heterocycles. The van der Waals surface area contributed by atoms with Crippen LogP contribution in [0.1, 0.15) is 11.1 Å². The standard InChI is InChI=1S/C15H16FNO/c1-11-3-8-15(18-2)14(9-11)17-10-12-4-6-13(16)7-5-12/h3-9,17H,10H2,1-2H3. The molecule has 0 aliphatic heterocycles. The SMILES string of the molecule is COc1ccc(C)cc1NCc1ccc(F)cc1. The fourth-order valence-corrected chi connectivity index (χ4v) is 1.76. The Balaban J connectivity index is 2.09. The molecule has 3 heteroatoms. The van der Waals surface area contributed by atoms with Gasteiger partial charge in [0, 0.05) is 6.54 Å². The molecule has 0 unspecified atom stereocenters. The lowest BCUT2D eigenvalue weighted by Gasteiger charge is -2.12. The first-order chi connectivity index (χ1) is 8.69. The molecule has 0 aliphatic carbocycles. The Morgan fingerprint density at radius 2 is 1.83 bits per heavy atom. The molecule has 0 spiro atoms. The Bertz CT molecular complexity index is 523. The Hall–Kier alpha value is -2.03. The third-order valence-corrected chi connectivity index (χ3v) is 2.75. The van der Waals surface area contributed by atoms with Crippen molar-refractivity contribution in [1.82, 2.24) is 0 Å². The minimum absolute atomic E-state index is 0.216. The first-order valence-electron chi connectivity index (χ1n) is 5.82. The summed E-state index contributed by atoms with van der Waals surface area (Å²) in [5.41, 5.74) is 3.14. The van der Waals surface area contributed by atoms with E-state index in [0.29, 0.717) is 6.54 Å². The molecule has 0 heterocycles. The van der Waals surface area contributed by atoms with Gasteiger partial charge in [-0.05, 0) is 42.3 Å². The van der Waals surface area contributed by atoms with E-state index in [9.17, 15) is 4.39 Å². The topological polar surface area (TPSA) is 21.3 Å². The molecule has 0 atom stereocenters. The second-order valence-corrected chi connectivity index (χ2v) is 4.18. The van der Waals surface area contributed by atoms with Crippen LogP contribution in [-0.2, 0) is 6.54 Å². The van der Waals surface area contributed by atoms with Crippen molar-refractivity contribution in [3.63, 3.8) is 0 Å². The summed E-state index contributed by atoms with van der Waals surface area (Å²) >= 11 is 0. The van der Waals surface area contributed by atoms with Crippen LogP contribution in [0.2, 0.25) is 0 Å². The highest BCUT2D eigenvalue weighted by Gasteiger charge is 2.02. The zero-order chi connectivity index (χ0) is 13.0. The zero-order valence-corrected chi connectivity index (χ0v) is 10.5. The third-order valence-electron chi connectivity index (χ3n) is 2.75. The van der Waals surface area contributed by atoms with Gasteiger partial charge in [-0.3, -0.25) is 0 Å². The van der Waals surface area contributed by atoms with Crippen molar-refractivity contribution < 1.29 is 9.13 Å². The second kappa shape index (κ2) is 5.54. The van der Waals surface area contributed by atoms with Crippen molar-refractivity contribution in [3.8, 4) is 5.75 Å². The highest BCUT2D eigenvalue weighted by Crippen LogP contribution is 2.25. The van der Waals surface area contributed by atoms with Gasteiger partial charge in [0.1, 0.15) is 11.6 Å². The van der Waals surface area contributed by atoms with Crippen molar-refractivity contribution in [2.24, 2.45) is 0 Å². The molecular weight excluding hydrogens is 229 g/mol. The van der Waals surface area contributed by atoms with E-state index in [-0.39, 0.29) is 5.82 Å². The van der Waals surface area contributed by atoms with Crippen molar-refractivity contribution >= 4 is 5.69 Å². The summed E-state index contributed by atoms with van der Waals surface area (Å²) in [5, 5.41) is 3.29. The summed E-state index contributed by atoms with van der Waals surface area (Å²) in [7, 11) is 1.65. The summed E-state index contributed by atoms with van der Waals surface area (Å²) < 4.78 is 18.1. The summed E-state index contributed by atoms with van der Waals surface area (Å²) in [5.74, 6) is 0.592. The van der Waals surface area contributed by atoms with Crippen molar-refractivity contribution in [3.05, 3.63) is 59.4 Å². The van der Waals surface area contributed by atoms with Gasteiger partial charge >= 0.3 is 0 Å². The fraction of sp³-hybridized carbons (Fsp3) is 0.200. The van der Waals surface area contributed by atoms with Gasteiger partial charge in [-0.25, -0.2) is 4.39 Å². The Morgan fingerprint density at radius 3 is 2.50 bits per heavy atom. The summed E-state index contributed by atoms with van der Waals surface area (Å²) in [6.07, 6.45) is 0. The van der Waals surface area contributed by atoms with Crippen molar-refractivity contribution in [2.75, 3.05) is 12.4 Å². The van der Waals surface area contributed by atoms with Gasteiger partial charge in [0.25, 0.3) is 0 Å². The normalized spacial score (nSPS) is 10.2. The van der Waals surface area contributed by atoms with Crippen LogP contribution in [-0.4, -0.2) is 7.11 Å². The highest BCUT2D eigenvalue weighted by molar-refractivity contribution is 5.58. The average Bonchev–Trinajstić information content (AvgIpc) is 2.38. The van der Waals surface area contributed by atoms with Crippen molar-refractivity contribution in [1.29, 1.82) is 0 Å². The molecule has 1 N–H and O–H groups in total. The number of aryl methyl sites for hydroxylation is 1. The van der Waals surface area contributed by atoms with Gasteiger partial charge < -0.3 is 10.1 Å². The van der Waals surface area contributed by atoms with Gasteiger partial charge in [0.15, 0.2) is 0 Å². The van der Waals surface area contributed by atoms with Crippen LogP contribution in [0, 0.1) is 12.7 Å². The van der Waals surface area contributed by atoms with Gasteiger partial charge in [0.2, 0.25) is 0 Å². The van der Waals surface area contributed by atoms with Crippen molar-refractivity contribution in [2.45, 2.75) is 13.5 Å². The Kier molecular flexibility index (Phi) is 3.82. The van der Waals surface area contributed by atoms with Crippen LogP contribution in [0.5, 0.6) is 5.75 Å². The number of hydrogen-bond donors (Lipinski definition) is 1. The number of benzene rings is 2. The maximum atomic E-state index is 12.8. The predicted octanol–water partition coefficient (Wildman–Crippen LogP) is 3.75. The quantitative estimate of drug-likeness (QED) is 0.885. The molecule has 0 aliphatic rings. The minimum Gasteiger partial charge on any atom is -0.495 e. The number of nitrogens with one attached hydrogen (secondary N) is 1. The largest absolute Gasteiger partial charge is 0.495 e. The molecule has 0 amide bonds.